The molecule has 0 spiro atoms. The van der Waals surface area contributed by atoms with Crippen LogP contribution in [0.5, 0.6) is 0 Å². The summed E-state index contributed by atoms with van der Waals surface area (Å²) in [5.74, 6) is 0. The van der Waals surface area contributed by atoms with E-state index >= 15 is 0 Å². The largest absolute Gasteiger partial charge is 0.326 e. The Kier molecular flexibility index (Phi) is 2.25. The molecule has 0 fully saturated rings. The average molecular weight is 141 g/mol. The molecule has 0 saturated heterocycles. The highest BCUT2D eigenvalue weighted by Gasteiger charge is 1.97. The fraction of sp³-hybridized carbons (Fsp3) is 0.429. The van der Waals surface area contributed by atoms with Crippen LogP contribution in [0.1, 0.15) is 17.4 Å². The Hall–Kier alpha value is -0.340. The minimum atomic E-state index is 0.687. The summed E-state index contributed by atoms with van der Waals surface area (Å²) >= 11 is 1.79. The van der Waals surface area contributed by atoms with E-state index in [-0.39, 0.29) is 0 Å². The predicted octanol–water partition coefficient (Wildman–Crippen LogP) is 1.77. The van der Waals surface area contributed by atoms with Crippen molar-refractivity contribution in [1.82, 2.24) is 0 Å². The van der Waals surface area contributed by atoms with Crippen molar-refractivity contribution in [1.29, 1.82) is 0 Å². The van der Waals surface area contributed by atoms with E-state index in [1.54, 1.807) is 11.3 Å². The zero-order chi connectivity index (χ0) is 6.69. The van der Waals surface area contributed by atoms with Crippen molar-refractivity contribution >= 4 is 11.3 Å². The van der Waals surface area contributed by atoms with Crippen LogP contribution in [0.25, 0.3) is 0 Å². The van der Waals surface area contributed by atoms with Gasteiger partial charge in [-0.05, 0) is 23.4 Å². The molecule has 50 valence electrons. The number of hydrogen-bond donors (Lipinski definition) is 1. The molecule has 0 aliphatic carbocycles. The molecule has 0 amide bonds. The summed E-state index contributed by atoms with van der Waals surface area (Å²) in [4.78, 5) is 1.43. The SMILES string of the molecule is CCc1sccc1CN. The standard InChI is InChI=1S/C7H11NS/c1-2-7-6(5-8)3-4-9-7/h3-4H,2,5,8H2,1H3. The molecule has 0 saturated carbocycles. The van der Waals surface area contributed by atoms with Gasteiger partial charge < -0.3 is 5.73 Å². The van der Waals surface area contributed by atoms with Crippen LogP contribution in [0, 0.1) is 0 Å². The molecule has 2 N–H and O–H groups in total. The van der Waals surface area contributed by atoms with Gasteiger partial charge >= 0.3 is 0 Å². The van der Waals surface area contributed by atoms with Crippen molar-refractivity contribution < 1.29 is 0 Å². The fourth-order valence-electron chi connectivity index (χ4n) is 0.859. The lowest BCUT2D eigenvalue weighted by atomic mass is 10.2. The fourth-order valence-corrected chi connectivity index (χ4v) is 1.73. The third kappa shape index (κ3) is 1.32. The minimum absolute atomic E-state index is 0.687. The Morgan fingerprint density at radius 3 is 2.89 bits per heavy atom. The van der Waals surface area contributed by atoms with Crippen molar-refractivity contribution in [2.45, 2.75) is 19.9 Å². The molecule has 0 aromatic carbocycles. The number of hydrogen-bond acceptors (Lipinski definition) is 2. The summed E-state index contributed by atoms with van der Waals surface area (Å²) in [6.07, 6.45) is 1.12. The molecule has 0 unspecified atom stereocenters. The second-order valence-corrected chi connectivity index (χ2v) is 2.93. The lowest BCUT2D eigenvalue weighted by molar-refractivity contribution is 1.03. The quantitative estimate of drug-likeness (QED) is 0.667. The first-order chi connectivity index (χ1) is 4.38. The van der Waals surface area contributed by atoms with Crippen LogP contribution in [0.3, 0.4) is 0 Å². The molecule has 1 rings (SSSR count). The van der Waals surface area contributed by atoms with Gasteiger partial charge in [0.25, 0.3) is 0 Å². The highest BCUT2D eigenvalue weighted by Crippen LogP contribution is 2.15. The van der Waals surface area contributed by atoms with Crippen molar-refractivity contribution in [3.8, 4) is 0 Å². The summed E-state index contributed by atoms with van der Waals surface area (Å²) < 4.78 is 0. The zero-order valence-corrected chi connectivity index (χ0v) is 6.37. The van der Waals surface area contributed by atoms with Gasteiger partial charge in [0.15, 0.2) is 0 Å². The van der Waals surface area contributed by atoms with E-state index in [4.69, 9.17) is 5.73 Å². The number of thiophene rings is 1. The minimum Gasteiger partial charge on any atom is -0.326 e. The van der Waals surface area contributed by atoms with E-state index in [1.807, 2.05) is 0 Å². The van der Waals surface area contributed by atoms with Crippen molar-refractivity contribution in [3.05, 3.63) is 21.9 Å². The molecule has 0 bridgehead atoms. The highest BCUT2D eigenvalue weighted by atomic mass is 32.1. The van der Waals surface area contributed by atoms with Crippen LogP contribution in [0.4, 0.5) is 0 Å². The summed E-state index contributed by atoms with van der Waals surface area (Å²) in [6.45, 7) is 2.84. The molecule has 1 aromatic heterocycles. The van der Waals surface area contributed by atoms with Crippen molar-refractivity contribution in [2.75, 3.05) is 0 Å². The monoisotopic (exact) mass is 141 g/mol. The average Bonchev–Trinajstić information content (AvgIpc) is 2.33. The summed E-state index contributed by atoms with van der Waals surface area (Å²) in [5, 5.41) is 2.10. The van der Waals surface area contributed by atoms with E-state index in [2.05, 4.69) is 18.4 Å². The summed E-state index contributed by atoms with van der Waals surface area (Å²) in [7, 11) is 0. The molecule has 1 nitrogen and oxygen atoms in total. The summed E-state index contributed by atoms with van der Waals surface area (Å²) in [6, 6.07) is 2.10. The Morgan fingerprint density at radius 2 is 2.44 bits per heavy atom. The van der Waals surface area contributed by atoms with Crippen molar-refractivity contribution in [3.63, 3.8) is 0 Å². The molecule has 9 heavy (non-hydrogen) atoms. The molecule has 1 heterocycles. The van der Waals surface area contributed by atoms with E-state index in [9.17, 15) is 0 Å². The molecule has 0 aliphatic rings. The smallest absolute Gasteiger partial charge is 0.0189 e. The second-order valence-electron chi connectivity index (χ2n) is 1.93. The molecular formula is C7H11NS. The van der Waals surface area contributed by atoms with E-state index < -0.39 is 0 Å². The first-order valence-electron chi connectivity index (χ1n) is 3.13. The van der Waals surface area contributed by atoms with E-state index in [0.717, 1.165) is 6.42 Å². The lowest BCUT2D eigenvalue weighted by Crippen LogP contribution is -1.96. The van der Waals surface area contributed by atoms with Crippen LogP contribution >= 0.6 is 11.3 Å². The second kappa shape index (κ2) is 2.99. The van der Waals surface area contributed by atoms with Gasteiger partial charge in [-0.25, -0.2) is 0 Å². The summed E-state index contributed by atoms with van der Waals surface area (Å²) in [5.41, 5.74) is 6.79. The van der Waals surface area contributed by atoms with Crippen LogP contribution in [-0.2, 0) is 13.0 Å². The highest BCUT2D eigenvalue weighted by molar-refractivity contribution is 7.10. The van der Waals surface area contributed by atoms with E-state index in [0.29, 0.717) is 6.54 Å². The van der Waals surface area contributed by atoms with Gasteiger partial charge in [0, 0.05) is 11.4 Å². The van der Waals surface area contributed by atoms with Gasteiger partial charge in [-0.1, -0.05) is 6.92 Å². The Bertz CT molecular complexity index is 162. The van der Waals surface area contributed by atoms with Crippen LogP contribution < -0.4 is 5.73 Å². The number of rotatable bonds is 2. The predicted molar refractivity (Wildman–Crippen MR) is 41.6 cm³/mol. The van der Waals surface area contributed by atoms with Gasteiger partial charge in [0.05, 0.1) is 0 Å². The topological polar surface area (TPSA) is 26.0 Å². The first-order valence-corrected chi connectivity index (χ1v) is 4.01. The van der Waals surface area contributed by atoms with Gasteiger partial charge in [0.2, 0.25) is 0 Å². The normalized spacial score (nSPS) is 10.0. The van der Waals surface area contributed by atoms with Crippen LogP contribution in [-0.4, -0.2) is 0 Å². The molecular weight excluding hydrogens is 130 g/mol. The molecule has 2 heteroatoms. The maximum absolute atomic E-state index is 5.48. The third-order valence-corrected chi connectivity index (χ3v) is 2.49. The zero-order valence-electron chi connectivity index (χ0n) is 5.55. The van der Waals surface area contributed by atoms with Gasteiger partial charge in [0.1, 0.15) is 0 Å². The Balaban J connectivity index is 2.85. The molecule has 1 aromatic rings. The van der Waals surface area contributed by atoms with E-state index in [1.165, 1.54) is 10.4 Å². The number of nitrogens with two attached hydrogens (primary N) is 1. The number of aryl methyl sites for hydroxylation is 1. The molecule has 0 aliphatic heterocycles. The maximum Gasteiger partial charge on any atom is 0.0189 e. The Morgan fingerprint density at radius 1 is 1.67 bits per heavy atom. The Labute approximate surface area is 59.5 Å². The van der Waals surface area contributed by atoms with Gasteiger partial charge in [-0.3, -0.25) is 0 Å². The van der Waals surface area contributed by atoms with Crippen molar-refractivity contribution in [2.24, 2.45) is 5.73 Å². The maximum atomic E-state index is 5.48. The van der Waals surface area contributed by atoms with Gasteiger partial charge in [-0.2, -0.15) is 0 Å². The third-order valence-electron chi connectivity index (χ3n) is 1.38. The van der Waals surface area contributed by atoms with Crippen LogP contribution in [0.2, 0.25) is 0 Å². The molecule has 0 atom stereocenters. The van der Waals surface area contributed by atoms with Crippen LogP contribution in [0.15, 0.2) is 11.4 Å². The molecule has 0 radical (unpaired) electrons. The van der Waals surface area contributed by atoms with Gasteiger partial charge in [-0.15, -0.1) is 11.3 Å². The first kappa shape index (κ1) is 6.78. The lowest BCUT2D eigenvalue weighted by Gasteiger charge is -1.93.